The summed E-state index contributed by atoms with van der Waals surface area (Å²) in [6.07, 6.45) is 2.45. The summed E-state index contributed by atoms with van der Waals surface area (Å²) in [6.45, 7) is 4.04. The lowest BCUT2D eigenvalue weighted by atomic mass is 10.00. The standard InChI is InChI=1S/C14H12O3/c1-3-9-13-11(6-7-16-13)8(2)10-4-5-12(15)17-14(9)10/h4-7H,3H2,1-2H3. The van der Waals surface area contributed by atoms with Crippen LogP contribution in [0.1, 0.15) is 18.1 Å². The van der Waals surface area contributed by atoms with Crippen LogP contribution < -0.4 is 5.63 Å². The van der Waals surface area contributed by atoms with E-state index in [0.717, 1.165) is 33.9 Å². The van der Waals surface area contributed by atoms with Gasteiger partial charge in [0.05, 0.1) is 6.26 Å². The van der Waals surface area contributed by atoms with Crippen LogP contribution in [0.25, 0.3) is 21.9 Å². The molecule has 0 bridgehead atoms. The molecule has 0 aliphatic carbocycles. The first-order chi connectivity index (χ1) is 8.22. The van der Waals surface area contributed by atoms with Gasteiger partial charge in [0.2, 0.25) is 0 Å². The third-order valence-electron chi connectivity index (χ3n) is 3.21. The predicted molar refractivity (Wildman–Crippen MR) is 66.4 cm³/mol. The Labute approximate surface area is 97.7 Å². The van der Waals surface area contributed by atoms with Crippen molar-refractivity contribution >= 4 is 21.9 Å². The van der Waals surface area contributed by atoms with E-state index in [1.54, 1.807) is 6.26 Å². The second-order valence-electron chi connectivity index (χ2n) is 4.12. The minimum Gasteiger partial charge on any atom is -0.464 e. The van der Waals surface area contributed by atoms with Crippen molar-refractivity contribution < 1.29 is 8.83 Å². The van der Waals surface area contributed by atoms with Gasteiger partial charge in [-0.05, 0) is 31.0 Å². The Morgan fingerprint density at radius 1 is 1.12 bits per heavy atom. The van der Waals surface area contributed by atoms with Crippen LogP contribution in [0, 0.1) is 6.92 Å². The lowest BCUT2D eigenvalue weighted by Crippen LogP contribution is -1.98. The number of furan rings is 1. The fraction of sp³-hybridized carbons (Fsp3) is 0.214. The number of fused-ring (bicyclic) bond motifs is 2. The van der Waals surface area contributed by atoms with Crippen molar-refractivity contribution in [2.24, 2.45) is 0 Å². The van der Waals surface area contributed by atoms with E-state index in [2.05, 4.69) is 0 Å². The zero-order valence-electron chi connectivity index (χ0n) is 9.74. The quantitative estimate of drug-likeness (QED) is 0.599. The molecule has 1 aromatic carbocycles. The van der Waals surface area contributed by atoms with Crippen LogP contribution in [0.2, 0.25) is 0 Å². The molecular formula is C14H12O3. The van der Waals surface area contributed by atoms with Gasteiger partial charge in [0.15, 0.2) is 0 Å². The number of benzene rings is 1. The average molecular weight is 228 g/mol. The number of rotatable bonds is 1. The van der Waals surface area contributed by atoms with Crippen LogP contribution in [0.3, 0.4) is 0 Å². The molecule has 0 atom stereocenters. The van der Waals surface area contributed by atoms with Crippen molar-refractivity contribution in [3.63, 3.8) is 0 Å². The number of hydrogen-bond donors (Lipinski definition) is 0. The summed E-state index contributed by atoms with van der Waals surface area (Å²) in [4.78, 5) is 11.3. The molecule has 0 aliphatic heterocycles. The second-order valence-corrected chi connectivity index (χ2v) is 4.12. The van der Waals surface area contributed by atoms with E-state index in [1.807, 2.05) is 26.0 Å². The molecule has 0 N–H and O–H groups in total. The van der Waals surface area contributed by atoms with E-state index in [-0.39, 0.29) is 5.63 Å². The minimum atomic E-state index is -0.322. The maximum absolute atomic E-state index is 11.3. The molecule has 2 aromatic heterocycles. The van der Waals surface area contributed by atoms with Crippen LogP contribution in [-0.2, 0) is 6.42 Å². The molecule has 0 amide bonds. The molecule has 17 heavy (non-hydrogen) atoms. The zero-order chi connectivity index (χ0) is 12.0. The summed E-state index contributed by atoms with van der Waals surface area (Å²) in [5.74, 6) is 0. The van der Waals surface area contributed by atoms with E-state index in [4.69, 9.17) is 8.83 Å². The lowest BCUT2D eigenvalue weighted by Gasteiger charge is -2.07. The van der Waals surface area contributed by atoms with Gasteiger partial charge in [0, 0.05) is 22.4 Å². The highest BCUT2D eigenvalue weighted by molar-refractivity contribution is 6.00. The molecule has 3 aromatic rings. The van der Waals surface area contributed by atoms with Crippen molar-refractivity contribution in [3.05, 3.63) is 46.0 Å². The van der Waals surface area contributed by atoms with Crippen LogP contribution in [0.15, 0.2) is 38.1 Å². The molecule has 0 aliphatic rings. The smallest absolute Gasteiger partial charge is 0.336 e. The summed E-state index contributed by atoms with van der Waals surface area (Å²) in [5, 5.41) is 2.07. The summed E-state index contributed by atoms with van der Waals surface area (Å²) in [5.41, 5.74) is 3.21. The van der Waals surface area contributed by atoms with Crippen LogP contribution in [-0.4, -0.2) is 0 Å². The summed E-state index contributed by atoms with van der Waals surface area (Å²) in [7, 11) is 0. The first-order valence-corrected chi connectivity index (χ1v) is 5.65. The first kappa shape index (κ1) is 10.1. The first-order valence-electron chi connectivity index (χ1n) is 5.65. The second kappa shape index (κ2) is 3.48. The lowest BCUT2D eigenvalue weighted by molar-refractivity contribution is 0.554. The number of hydrogen-bond acceptors (Lipinski definition) is 3. The van der Waals surface area contributed by atoms with E-state index < -0.39 is 0 Å². The van der Waals surface area contributed by atoms with Crippen molar-refractivity contribution in [2.45, 2.75) is 20.3 Å². The van der Waals surface area contributed by atoms with Gasteiger partial charge in [-0.25, -0.2) is 4.79 Å². The van der Waals surface area contributed by atoms with E-state index in [9.17, 15) is 4.79 Å². The Hall–Kier alpha value is -2.03. The molecule has 0 saturated carbocycles. The fourth-order valence-electron chi connectivity index (χ4n) is 2.34. The molecule has 86 valence electrons. The summed E-state index contributed by atoms with van der Waals surface area (Å²) < 4.78 is 10.8. The Morgan fingerprint density at radius 2 is 1.88 bits per heavy atom. The largest absolute Gasteiger partial charge is 0.464 e. The number of aryl methyl sites for hydroxylation is 2. The van der Waals surface area contributed by atoms with Gasteiger partial charge < -0.3 is 8.83 Å². The average Bonchev–Trinajstić information content (AvgIpc) is 2.79. The Kier molecular flexibility index (Phi) is 2.08. The monoisotopic (exact) mass is 228 g/mol. The van der Waals surface area contributed by atoms with Gasteiger partial charge in [-0.3, -0.25) is 0 Å². The zero-order valence-corrected chi connectivity index (χ0v) is 9.74. The molecule has 0 unspecified atom stereocenters. The van der Waals surface area contributed by atoms with Gasteiger partial charge in [-0.15, -0.1) is 0 Å². The van der Waals surface area contributed by atoms with Gasteiger partial charge in [0.1, 0.15) is 11.2 Å². The molecule has 3 nitrogen and oxygen atoms in total. The molecule has 0 fully saturated rings. The maximum atomic E-state index is 11.3. The van der Waals surface area contributed by atoms with Crippen LogP contribution in [0.5, 0.6) is 0 Å². The predicted octanol–water partition coefficient (Wildman–Crippen LogP) is 3.41. The molecule has 0 radical (unpaired) electrons. The highest BCUT2D eigenvalue weighted by Crippen LogP contribution is 2.32. The van der Waals surface area contributed by atoms with E-state index in [1.165, 1.54) is 6.07 Å². The van der Waals surface area contributed by atoms with Crippen molar-refractivity contribution in [2.75, 3.05) is 0 Å². The maximum Gasteiger partial charge on any atom is 0.336 e. The molecule has 3 rings (SSSR count). The molecule has 0 saturated heterocycles. The Bertz CT molecular complexity index is 762. The van der Waals surface area contributed by atoms with Crippen LogP contribution >= 0.6 is 0 Å². The third kappa shape index (κ3) is 1.32. The molecule has 3 heteroatoms. The SMILES string of the molecule is CCc1c2occc2c(C)c2ccc(=O)oc12. The highest BCUT2D eigenvalue weighted by atomic mass is 16.4. The minimum absolute atomic E-state index is 0.322. The summed E-state index contributed by atoms with van der Waals surface area (Å²) >= 11 is 0. The highest BCUT2D eigenvalue weighted by Gasteiger charge is 2.14. The summed E-state index contributed by atoms with van der Waals surface area (Å²) in [6, 6.07) is 5.23. The Morgan fingerprint density at radius 3 is 2.65 bits per heavy atom. The molecule has 0 spiro atoms. The van der Waals surface area contributed by atoms with Crippen molar-refractivity contribution in [1.82, 2.24) is 0 Å². The fourth-order valence-corrected chi connectivity index (χ4v) is 2.34. The van der Waals surface area contributed by atoms with E-state index in [0.29, 0.717) is 5.58 Å². The van der Waals surface area contributed by atoms with Gasteiger partial charge in [-0.2, -0.15) is 0 Å². The van der Waals surface area contributed by atoms with Gasteiger partial charge >= 0.3 is 5.63 Å². The molecular weight excluding hydrogens is 216 g/mol. The topological polar surface area (TPSA) is 43.4 Å². The molecule has 2 heterocycles. The van der Waals surface area contributed by atoms with Crippen molar-refractivity contribution in [3.8, 4) is 0 Å². The third-order valence-corrected chi connectivity index (χ3v) is 3.21. The van der Waals surface area contributed by atoms with E-state index >= 15 is 0 Å². The van der Waals surface area contributed by atoms with Gasteiger partial charge in [0.25, 0.3) is 0 Å². The van der Waals surface area contributed by atoms with Crippen LogP contribution in [0.4, 0.5) is 0 Å². The Balaban J connectivity index is 2.66. The normalized spacial score (nSPS) is 11.4. The van der Waals surface area contributed by atoms with Crippen molar-refractivity contribution in [1.29, 1.82) is 0 Å². The van der Waals surface area contributed by atoms with Gasteiger partial charge in [-0.1, -0.05) is 6.92 Å².